The number of hydrogen-bond donors (Lipinski definition) is 2. The number of carbonyl (C=O) groups is 2. The first kappa shape index (κ1) is 19.2. The van der Waals surface area contributed by atoms with Crippen molar-refractivity contribution in [3.05, 3.63) is 35.4 Å². The molecule has 1 amide bonds. The third kappa shape index (κ3) is 6.40. The van der Waals surface area contributed by atoms with Crippen molar-refractivity contribution in [1.82, 2.24) is 10.2 Å². The number of amides is 1. The first-order valence-electron chi connectivity index (χ1n) is 7.97. The van der Waals surface area contributed by atoms with Crippen molar-refractivity contribution in [3.63, 3.8) is 0 Å². The molecular formula is C18H28N2O3. The van der Waals surface area contributed by atoms with E-state index < -0.39 is 12.0 Å². The molecule has 0 heterocycles. The van der Waals surface area contributed by atoms with Gasteiger partial charge in [-0.1, -0.05) is 38.1 Å². The van der Waals surface area contributed by atoms with Gasteiger partial charge in [-0.15, -0.1) is 0 Å². The molecule has 0 fully saturated rings. The summed E-state index contributed by atoms with van der Waals surface area (Å²) in [5.74, 6) is -1.08. The van der Waals surface area contributed by atoms with Crippen LogP contribution in [0, 0.1) is 5.92 Å². The molecule has 0 spiro atoms. The molecule has 0 aliphatic heterocycles. The lowest BCUT2D eigenvalue weighted by Gasteiger charge is -2.21. The van der Waals surface area contributed by atoms with Crippen LogP contribution in [0.4, 0.5) is 0 Å². The highest BCUT2D eigenvalue weighted by atomic mass is 16.4. The Balaban J connectivity index is 2.73. The lowest BCUT2D eigenvalue weighted by molar-refractivity contribution is -0.142. The van der Waals surface area contributed by atoms with Gasteiger partial charge in [-0.25, -0.2) is 4.79 Å². The highest BCUT2D eigenvalue weighted by molar-refractivity contribution is 5.87. The predicted octanol–water partition coefficient (Wildman–Crippen LogP) is 2.12. The summed E-state index contributed by atoms with van der Waals surface area (Å²) in [5, 5.41) is 11.8. The third-order valence-electron chi connectivity index (χ3n) is 3.68. The number of carboxylic acid groups (broad SMARTS) is 1. The van der Waals surface area contributed by atoms with E-state index >= 15 is 0 Å². The Bertz CT molecular complexity index is 524. The highest BCUT2D eigenvalue weighted by Crippen LogP contribution is 2.18. The fourth-order valence-electron chi connectivity index (χ4n) is 2.41. The van der Waals surface area contributed by atoms with Crippen molar-refractivity contribution in [2.24, 2.45) is 5.92 Å². The van der Waals surface area contributed by atoms with Crippen LogP contribution in [0.25, 0.3) is 0 Å². The highest BCUT2D eigenvalue weighted by Gasteiger charge is 2.24. The van der Waals surface area contributed by atoms with Crippen molar-refractivity contribution in [1.29, 1.82) is 0 Å². The predicted molar refractivity (Wildman–Crippen MR) is 91.5 cm³/mol. The van der Waals surface area contributed by atoms with Crippen molar-refractivity contribution in [2.45, 2.75) is 39.2 Å². The smallest absolute Gasteiger partial charge is 0.327 e. The molecule has 1 aromatic carbocycles. The monoisotopic (exact) mass is 320 g/mol. The Labute approximate surface area is 138 Å². The van der Waals surface area contributed by atoms with Gasteiger partial charge in [0.05, 0.1) is 5.92 Å². The number of hydrogen-bond acceptors (Lipinski definition) is 3. The number of likely N-dealkylation sites (N-methyl/N-ethyl adjacent to an activating group) is 1. The summed E-state index contributed by atoms with van der Waals surface area (Å²) in [7, 11) is 3.55. The molecular weight excluding hydrogens is 292 g/mol. The van der Waals surface area contributed by atoms with Crippen LogP contribution in [0.5, 0.6) is 0 Å². The first-order valence-corrected chi connectivity index (χ1v) is 7.97. The first-order chi connectivity index (χ1) is 10.7. The van der Waals surface area contributed by atoms with E-state index in [0.717, 1.165) is 12.0 Å². The van der Waals surface area contributed by atoms with E-state index in [1.165, 1.54) is 5.56 Å². The summed E-state index contributed by atoms with van der Waals surface area (Å²) in [5.41, 5.74) is 2.14. The van der Waals surface area contributed by atoms with E-state index in [1.54, 1.807) is 25.9 Å². The van der Waals surface area contributed by atoms with Crippen LogP contribution in [0.3, 0.4) is 0 Å². The maximum Gasteiger partial charge on any atom is 0.327 e. The van der Waals surface area contributed by atoms with Gasteiger partial charge in [0.25, 0.3) is 0 Å². The SMILES string of the molecule is CC(C)Cc1ccc([C@H](C)C(=O)N[C@H](CN(C)C)C(=O)O)cc1. The van der Waals surface area contributed by atoms with Gasteiger partial charge in [0.1, 0.15) is 6.04 Å². The van der Waals surface area contributed by atoms with Gasteiger partial charge in [-0.05, 0) is 44.5 Å². The number of nitrogens with one attached hydrogen (secondary N) is 1. The topological polar surface area (TPSA) is 69.6 Å². The Kier molecular flexibility index (Phi) is 7.23. The van der Waals surface area contributed by atoms with E-state index in [0.29, 0.717) is 5.92 Å². The van der Waals surface area contributed by atoms with Crippen LogP contribution in [0.1, 0.15) is 37.8 Å². The van der Waals surface area contributed by atoms with E-state index in [4.69, 9.17) is 0 Å². The number of carboxylic acids is 1. The normalized spacial score (nSPS) is 13.9. The second-order valence-corrected chi connectivity index (χ2v) is 6.72. The minimum absolute atomic E-state index is 0.265. The van der Waals surface area contributed by atoms with Gasteiger partial charge in [0, 0.05) is 6.54 Å². The number of aliphatic carboxylic acids is 1. The fourth-order valence-corrected chi connectivity index (χ4v) is 2.41. The number of nitrogens with zero attached hydrogens (tertiary/aromatic N) is 1. The third-order valence-corrected chi connectivity index (χ3v) is 3.68. The molecule has 0 aromatic heterocycles. The quantitative estimate of drug-likeness (QED) is 0.770. The zero-order chi connectivity index (χ0) is 17.6. The van der Waals surface area contributed by atoms with Gasteiger partial charge in [-0.3, -0.25) is 4.79 Å². The van der Waals surface area contributed by atoms with Crippen molar-refractivity contribution >= 4 is 11.9 Å². The largest absolute Gasteiger partial charge is 0.480 e. The van der Waals surface area contributed by atoms with Crippen molar-refractivity contribution < 1.29 is 14.7 Å². The molecule has 0 saturated heterocycles. The molecule has 128 valence electrons. The van der Waals surface area contributed by atoms with Crippen LogP contribution < -0.4 is 5.32 Å². The Morgan fingerprint density at radius 1 is 1.13 bits per heavy atom. The zero-order valence-electron chi connectivity index (χ0n) is 14.7. The molecule has 0 bridgehead atoms. The molecule has 0 unspecified atom stereocenters. The maximum atomic E-state index is 12.3. The summed E-state index contributed by atoms with van der Waals surface area (Å²) in [6, 6.07) is 7.06. The molecule has 0 saturated carbocycles. The zero-order valence-corrected chi connectivity index (χ0v) is 14.7. The van der Waals surface area contributed by atoms with Crippen LogP contribution in [-0.2, 0) is 16.0 Å². The molecule has 5 nitrogen and oxygen atoms in total. The van der Waals surface area contributed by atoms with E-state index in [-0.39, 0.29) is 18.4 Å². The van der Waals surface area contributed by atoms with Gasteiger partial charge in [0.2, 0.25) is 5.91 Å². The molecule has 2 atom stereocenters. The van der Waals surface area contributed by atoms with Crippen LogP contribution in [-0.4, -0.2) is 48.6 Å². The molecule has 0 aliphatic carbocycles. The van der Waals surface area contributed by atoms with Crippen molar-refractivity contribution in [2.75, 3.05) is 20.6 Å². The Morgan fingerprint density at radius 2 is 1.70 bits per heavy atom. The van der Waals surface area contributed by atoms with Crippen LogP contribution in [0.15, 0.2) is 24.3 Å². The summed E-state index contributed by atoms with van der Waals surface area (Å²) < 4.78 is 0. The molecule has 2 N–H and O–H groups in total. The summed E-state index contributed by atoms with van der Waals surface area (Å²) in [6.07, 6.45) is 1.00. The number of rotatable bonds is 8. The lowest BCUT2D eigenvalue weighted by Crippen LogP contribution is -2.48. The average molecular weight is 320 g/mol. The van der Waals surface area contributed by atoms with Crippen molar-refractivity contribution in [3.8, 4) is 0 Å². The van der Waals surface area contributed by atoms with Crippen LogP contribution in [0.2, 0.25) is 0 Å². The minimum atomic E-state index is -1.02. The van der Waals surface area contributed by atoms with Gasteiger partial charge >= 0.3 is 5.97 Å². The Hall–Kier alpha value is -1.88. The lowest BCUT2D eigenvalue weighted by atomic mass is 9.96. The van der Waals surface area contributed by atoms with E-state index in [9.17, 15) is 14.7 Å². The summed E-state index contributed by atoms with van der Waals surface area (Å²) >= 11 is 0. The molecule has 0 radical (unpaired) electrons. The molecule has 1 rings (SSSR count). The second-order valence-electron chi connectivity index (χ2n) is 6.72. The Morgan fingerprint density at radius 3 is 2.13 bits per heavy atom. The van der Waals surface area contributed by atoms with Gasteiger partial charge < -0.3 is 15.3 Å². The standard InChI is InChI=1S/C18H28N2O3/c1-12(2)10-14-6-8-15(9-7-14)13(3)17(21)19-16(18(22)23)11-20(4)5/h6-9,12-13,16H,10-11H2,1-5H3,(H,19,21)(H,22,23)/t13-,16+/m0/s1. The molecule has 0 aliphatic rings. The van der Waals surface area contributed by atoms with Gasteiger partial charge in [0.15, 0.2) is 0 Å². The average Bonchev–Trinajstić information content (AvgIpc) is 2.45. The molecule has 5 heteroatoms. The maximum absolute atomic E-state index is 12.3. The summed E-state index contributed by atoms with van der Waals surface area (Å²) in [6.45, 7) is 6.39. The van der Waals surface area contributed by atoms with Crippen LogP contribution >= 0.6 is 0 Å². The van der Waals surface area contributed by atoms with Gasteiger partial charge in [-0.2, -0.15) is 0 Å². The minimum Gasteiger partial charge on any atom is -0.480 e. The van der Waals surface area contributed by atoms with E-state index in [2.05, 4.69) is 19.2 Å². The summed E-state index contributed by atoms with van der Waals surface area (Å²) in [4.78, 5) is 25.3. The number of benzene rings is 1. The second kappa shape index (κ2) is 8.67. The fraction of sp³-hybridized carbons (Fsp3) is 0.556. The molecule has 23 heavy (non-hydrogen) atoms. The van der Waals surface area contributed by atoms with E-state index in [1.807, 2.05) is 24.3 Å². The molecule has 1 aromatic rings. The number of carbonyl (C=O) groups excluding carboxylic acids is 1.